The molecule has 0 saturated heterocycles. The summed E-state index contributed by atoms with van der Waals surface area (Å²) >= 11 is 0. The van der Waals surface area contributed by atoms with E-state index < -0.39 is 0 Å². The molecule has 6 rings (SSSR count). The molecule has 6 heteroatoms. The van der Waals surface area contributed by atoms with Crippen LogP contribution in [0.15, 0.2) is 79.3 Å². The van der Waals surface area contributed by atoms with Crippen molar-refractivity contribution in [1.29, 1.82) is 0 Å². The van der Waals surface area contributed by atoms with Crippen LogP contribution in [0.25, 0.3) is 33.1 Å². The third-order valence-electron chi connectivity index (χ3n) is 6.12. The third kappa shape index (κ3) is 4.97. The Hall–Kier alpha value is -3.34. The van der Waals surface area contributed by atoms with Crippen LogP contribution in [0, 0.1) is 12.3 Å². The van der Waals surface area contributed by atoms with E-state index in [0.29, 0.717) is 5.92 Å². The van der Waals surface area contributed by atoms with Crippen molar-refractivity contribution in [3.63, 3.8) is 0 Å². The first-order chi connectivity index (χ1) is 16.8. The van der Waals surface area contributed by atoms with E-state index in [0.717, 1.165) is 22.5 Å². The van der Waals surface area contributed by atoms with Gasteiger partial charge in [-0.15, -0.1) is 35.7 Å². The molecule has 6 aromatic rings. The van der Waals surface area contributed by atoms with Crippen LogP contribution < -0.4 is 0 Å². The molecule has 185 valence electrons. The maximum atomic E-state index is 4.49. The number of benzene rings is 2. The molecule has 0 bridgehead atoms. The van der Waals surface area contributed by atoms with Gasteiger partial charge in [0, 0.05) is 44.2 Å². The zero-order chi connectivity index (χ0) is 24.6. The van der Waals surface area contributed by atoms with Gasteiger partial charge >= 0.3 is 0 Å². The van der Waals surface area contributed by atoms with Crippen LogP contribution in [0.3, 0.4) is 0 Å². The Balaban J connectivity index is 0.000000172. The second-order valence-electron chi connectivity index (χ2n) is 10.0. The minimum atomic E-state index is 0. The molecule has 0 aliphatic carbocycles. The van der Waals surface area contributed by atoms with E-state index in [1.165, 1.54) is 21.9 Å². The van der Waals surface area contributed by atoms with Gasteiger partial charge in [-0.2, -0.15) is 0 Å². The number of aromatic nitrogens is 5. The quantitative estimate of drug-likeness (QED) is 0.151. The monoisotopic (exact) mass is 652 g/mol. The van der Waals surface area contributed by atoms with Crippen LogP contribution in [0.1, 0.15) is 51.8 Å². The number of pyridine rings is 2. The fraction of sp³-hybridized carbons (Fsp3) is 0.233. The first-order valence-electron chi connectivity index (χ1n) is 11.9. The Morgan fingerprint density at radius 2 is 1.75 bits per heavy atom. The Morgan fingerprint density at radius 3 is 2.44 bits per heavy atom. The summed E-state index contributed by atoms with van der Waals surface area (Å²) in [7, 11) is 0. The molecule has 4 aromatic heterocycles. The maximum Gasteiger partial charge on any atom is 0.0608 e. The van der Waals surface area contributed by atoms with E-state index in [9.17, 15) is 0 Å². The van der Waals surface area contributed by atoms with Gasteiger partial charge in [-0.1, -0.05) is 70.5 Å². The minimum absolute atomic E-state index is 0. The van der Waals surface area contributed by atoms with Crippen LogP contribution in [0.4, 0.5) is 0 Å². The van der Waals surface area contributed by atoms with E-state index in [1.54, 1.807) is 10.9 Å². The molecule has 36 heavy (non-hydrogen) atoms. The predicted octanol–water partition coefficient (Wildman–Crippen LogP) is 6.93. The topological polar surface area (TPSA) is 48.0 Å². The third-order valence-corrected chi connectivity index (χ3v) is 6.12. The van der Waals surface area contributed by atoms with Gasteiger partial charge in [0.25, 0.3) is 0 Å². The van der Waals surface area contributed by atoms with Crippen molar-refractivity contribution in [3.8, 4) is 5.82 Å². The van der Waals surface area contributed by atoms with Gasteiger partial charge < -0.3 is 14.1 Å². The first-order valence-corrected chi connectivity index (χ1v) is 11.9. The number of rotatable bonds is 2. The van der Waals surface area contributed by atoms with Crippen molar-refractivity contribution in [1.82, 2.24) is 24.1 Å². The van der Waals surface area contributed by atoms with Crippen LogP contribution in [0.5, 0.6) is 0 Å². The van der Waals surface area contributed by atoms with Gasteiger partial charge in [0.05, 0.1) is 11.5 Å². The Kier molecular flexibility index (Phi) is 7.39. The summed E-state index contributed by atoms with van der Waals surface area (Å²) in [5.41, 5.74) is 4.62. The number of fused-ring (bicyclic) bond motifs is 6. The molecule has 0 saturated carbocycles. The molecule has 5 nitrogen and oxygen atoms in total. The molecule has 0 spiro atoms. The van der Waals surface area contributed by atoms with Crippen molar-refractivity contribution in [2.75, 3.05) is 0 Å². The fourth-order valence-corrected chi connectivity index (χ4v) is 4.12. The summed E-state index contributed by atoms with van der Waals surface area (Å²) in [6.07, 6.45) is 8.70. The molecule has 0 fully saturated rings. The van der Waals surface area contributed by atoms with Crippen molar-refractivity contribution in [2.45, 2.75) is 46.0 Å². The molecular weight excluding hydrogens is 623 g/mol. The number of nitrogens with zero attached hydrogens (tertiary/aromatic N) is 5. The van der Waals surface area contributed by atoms with Gasteiger partial charge in [0.15, 0.2) is 0 Å². The van der Waals surface area contributed by atoms with Gasteiger partial charge in [-0.3, -0.25) is 10.1 Å². The molecule has 0 atom stereocenters. The van der Waals surface area contributed by atoms with E-state index in [4.69, 9.17) is 0 Å². The molecule has 0 aliphatic heterocycles. The number of hydrogen-bond donors (Lipinski definition) is 0. The maximum absolute atomic E-state index is 4.49. The number of imidazole rings is 1. The molecule has 0 amide bonds. The smallest absolute Gasteiger partial charge is 0.0608 e. The zero-order valence-corrected chi connectivity index (χ0v) is 23.5. The van der Waals surface area contributed by atoms with E-state index in [1.807, 2.05) is 48.8 Å². The second kappa shape index (κ2) is 10.3. The van der Waals surface area contributed by atoms with Gasteiger partial charge in [0.2, 0.25) is 0 Å². The Labute approximate surface area is 225 Å². The van der Waals surface area contributed by atoms with E-state index >= 15 is 0 Å². The van der Waals surface area contributed by atoms with E-state index in [2.05, 4.69) is 90.6 Å². The van der Waals surface area contributed by atoms with Crippen molar-refractivity contribution in [3.05, 3.63) is 103 Å². The van der Waals surface area contributed by atoms with Gasteiger partial charge in [0.1, 0.15) is 0 Å². The summed E-state index contributed by atoms with van der Waals surface area (Å²) in [5.74, 6) is 1.33. The summed E-state index contributed by atoms with van der Waals surface area (Å²) in [6.45, 7) is 10.8. The molecule has 0 aliphatic rings. The average molecular weight is 652 g/mol. The van der Waals surface area contributed by atoms with Crippen molar-refractivity contribution < 1.29 is 20.1 Å². The van der Waals surface area contributed by atoms with Crippen molar-refractivity contribution in [2.24, 2.45) is 0 Å². The molecule has 4 heterocycles. The number of hydrogen-bond acceptors (Lipinski definition) is 3. The summed E-state index contributed by atoms with van der Waals surface area (Å²) in [6, 6.07) is 23.9. The minimum Gasteiger partial charge on any atom is -0.343 e. The molecule has 1 radical (unpaired) electrons. The van der Waals surface area contributed by atoms with Crippen LogP contribution in [-0.2, 0) is 25.5 Å². The Bertz CT molecular complexity index is 1610. The van der Waals surface area contributed by atoms with Gasteiger partial charge in [-0.25, -0.2) is 0 Å². The molecular formula is C30H29IrN5-2. The summed E-state index contributed by atoms with van der Waals surface area (Å²) < 4.78 is 3.83. The average Bonchev–Trinajstić information content (AvgIpc) is 3.55. The van der Waals surface area contributed by atoms with Crippen LogP contribution >= 0.6 is 0 Å². The van der Waals surface area contributed by atoms with Crippen LogP contribution in [-0.4, -0.2) is 24.1 Å². The summed E-state index contributed by atoms with van der Waals surface area (Å²) in [4.78, 5) is 8.70. The fourth-order valence-electron chi connectivity index (χ4n) is 4.12. The normalized spacial score (nSPS) is 11.5. The van der Waals surface area contributed by atoms with Crippen molar-refractivity contribution >= 4 is 27.3 Å². The molecule has 0 N–H and O–H groups in total. The second-order valence-corrected chi connectivity index (χ2v) is 10.0. The van der Waals surface area contributed by atoms with E-state index in [-0.39, 0.29) is 25.5 Å². The standard InChI is InChI=1S/C18H15N2.C12H14N3.Ir/c1-12(2)13-7-8-17-16(11-13)14-5-3-4-6-15(14)18-19-9-10-20(17)18;1-12(2,3)10-7-9-15(14-10)11-6-4-5-8-13-11;/h3-5,7-12H,1-2H3;4-8H,1-3H3;/q2*-1;. The SMILES string of the molecule is CC(C)(C)c1c[c-]n(-c2ccccn2)n1.CC(C)c1ccc2c(c1)c1ccc[c-]c1c1nccn21.[Ir]. The molecule has 0 unspecified atom stereocenters. The Morgan fingerprint density at radius 1 is 0.917 bits per heavy atom. The largest absolute Gasteiger partial charge is 0.343 e. The molecule has 2 aromatic carbocycles. The van der Waals surface area contributed by atoms with Crippen LogP contribution in [0.2, 0.25) is 0 Å². The van der Waals surface area contributed by atoms with Gasteiger partial charge in [-0.05, 0) is 40.1 Å². The summed E-state index contributed by atoms with van der Waals surface area (Å²) in [5, 5.41) is 8.04. The zero-order valence-electron chi connectivity index (χ0n) is 21.2. The first kappa shape index (κ1) is 25.7. The predicted molar refractivity (Wildman–Crippen MR) is 142 cm³/mol.